The Labute approximate surface area is 234 Å². The summed E-state index contributed by atoms with van der Waals surface area (Å²) in [7, 11) is 19.7. The highest BCUT2D eigenvalue weighted by atomic mass is 19.3. The molecule has 3 heterocycles. The number of hydrogen-bond donors (Lipinski definition) is 2. The van der Waals surface area contributed by atoms with Crippen LogP contribution in [0, 0.1) is 11.8 Å². The SMILES string of the molecule is [B]C([B])([B])N(C)C1C[C@H](c2c(C=O)cccc2OC(F)F)n2c1nc1ccc(C#CC3=CN(CCO)NC3)cc12. The van der Waals surface area contributed by atoms with E-state index in [2.05, 4.69) is 17.3 Å². The van der Waals surface area contributed by atoms with Crippen LogP contribution >= 0.6 is 0 Å². The molecule has 0 fully saturated rings. The molecule has 0 saturated heterocycles. The zero-order valence-corrected chi connectivity index (χ0v) is 21.7. The maximum atomic E-state index is 13.4. The van der Waals surface area contributed by atoms with Crippen LogP contribution in [0.25, 0.3) is 11.0 Å². The average Bonchev–Trinajstić information content (AvgIpc) is 3.60. The van der Waals surface area contributed by atoms with E-state index in [4.69, 9.17) is 38.4 Å². The number of alkyl halides is 2. The third-order valence-electron chi connectivity index (χ3n) is 7.12. The normalized spacial score (nSPS) is 18.6. The zero-order valence-electron chi connectivity index (χ0n) is 21.7. The van der Waals surface area contributed by atoms with Gasteiger partial charge in [-0.05, 0) is 37.7 Å². The Morgan fingerprint density at radius 3 is 2.80 bits per heavy atom. The van der Waals surface area contributed by atoms with Crippen LogP contribution in [0.2, 0.25) is 0 Å². The Morgan fingerprint density at radius 1 is 1.30 bits per heavy atom. The summed E-state index contributed by atoms with van der Waals surface area (Å²) in [6.45, 7) is -2.08. The molecule has 40 heavy (non-hydrogen) atoms. The minimum atomic E-state index is -3.08. The molecule has 0 amide bonds. The Balaban J connectivity index is 1.64. The lowest BCUT2D eigenvalue weighted by Gasteiger charge is -2.38. The molecular weight excluding hydrogens is 513 g/mol. The lowest BCUT2D eigenvalue weighted by Crippen LogP contribution is -2.49. The summed E-state index contributed by atoms with van der Waals surface area (Å²) >= 11 is 0. The second-order valence-corrected chi connectivity index (χ2v) is 9.72. The number of imidazole rings is 1. The molecule has 2 aliphatic heterocycles. The molecule has 6 radical (unpaired) electrons. The first-order valence-corrected chi connectivity index (χ1v) is 12.6. The summed E-state index contributed by atoms with van der Waals surface area (Å²) in [5, 5.41) is 9.20. The van der Waals surface area contributed by atoms with Crippen molar-refractivity contribution in [3.8, 4) is 17.6 Å². The van der Waals surface area contributed by atoms with Crippen LogP contribution in [0.15, 0.2) is 48.2 Å². The van der Waals surface area contributed by atoms with Crippen LogP contribution in [-0.2, 0) is 0 Å². The highest BCUT2D eigenvalue weighted by Gasteiger charge is 2.41. The topological polar surface area (TPSA) is 82.9 Å². The van der Waals surface area contributed by atoms with Crippen molar-refractivity contribution < 1.29 is 23.4 Å². The van der Waals surface area contributed by atoms with Crippen molar-refractivity contribution in [2.24, 2.45) is 0 Å². The molecule has 1 aromatic heterocycles. The second-order valence-electron chi connectivity index (χ2n) is 9.72. The molecule has 0 aliphatic carbocycles. The minimum Gasteiger partial charge on any atom is -0.434 e. The fraction of sp³-hybridized carbons (Fsp3) is 0.333. The van der Waals surface area contributed by atoms with Crippen LogP contribution < -0.4 is 10.2 Å². The number of aliphatic hydroxyl groups is 1. The van der Waals surface area contributed by atoms with Crippen LogP contribution in [-0.4, -0.2) is 93.0 Å². The molecule has 8 nitrogen and oxygen atoms in total. The molecule has 198 valence electrons. The van der Waals surface area contributed by atoms with Crippen LogP contribution in [0.5, 0.6) is 5.75 Å². The van der Waals surface area contributed by atoms with Gasteiger partial charge in [-0.25, -0.2) is 10.4 Å². The van der Waals surface area contributed by atoms with Gasteiger partial charge in [0.25, 0.3) is 0 Å². The molecule has 2 aliphatic rings. The number of aldehydes is 1. The molecule has 0 saturated carbocycles. The molecule has 3 aromatic rings. The number of fused-ring (bicyclic) bond motifs is 3. The number of nitrogens with zero attached hydrogens (tertiary/aromatic N) is 4. The summed E-state index contributed by atoms with van der Waals surface area (Å²) in [6, 6.07) is 8.84. The predicted octanol–water partition coefficient (Wildman–Crippen LogP) is 1.58. The number of hydrogen-bond acceptors (Lipinski definition) is 7. The van der Waals surface area contributed by atoms with Gasteiger partial charge in [-0.1, -0.05) is 29.2 Å². The number of benzene rings is 2. The van der Waals surface area contributed by atoms with E-state index in [1.165, 1.54) is 12.1 Å². The summed E-state index contributed by atoms with van der Waals surface area (Å²) in [4.78, 5) is 18.4. The predicted molar refractivity (Wildman–Crippen MR) is 148 cm³/mol. The monoisotopic (exact) mass is 537 g/mol. The Morgan fingerprint density at radius 2 is 2.10 bits per heavy atom. The van der Waals surface area contributed by atoms with Crippen molar-refractivity contribution in [2.75, 3.05) is 26.7 Å². The first-order chi connectivity index (χ1) is 19.1. The smallest absolute Gasteiger partial charge is 0.387 e. The van der Waals surface area contributed by atoms with Crippen molar-refractivity contribution in [1.29, 1.82) is 0 Å². The van der Waals surface area contributed by atoms with Gasteiger partial charge in [0.2, 0.25) is 0 Å². The van der Waals surface area contributed by atoms with Gasteiger partial charge in [-0.15, -0.1) is 0 Å². The number of aliphatic hydroxyl groups excluding tert-OH is 1. The molecule has 2 N–H and O–H groups in total. The molecule has 2 aromatic carbocycles. The van der Waals surface area contributed by atoms with E-state index >= 15 is 0 Å². The number of β-amino-alcohol motifs (C(OH)–C–C–N with tert-alkyl or cyclic N) is 1. The van der Waals surface area contributed by atoms with Gasteiger partial charge in [0.1, 0.15) is 11.6 Å². The highest BCUT2D eigenvalue weighted by Crippen LogP contribution is 2.47. The van der Waals surface area contributed by atoms with E-state index in [0.717, 1.165) is 5.57 Å². The Bertz CT molecular complexity index is 1530. The summed E-state index contributed by atoms with van der Waals surface area (Å²) in [5.41, 5.74) is 6.50. The van der Waals surface area contributed by atoms with Crippen LogP contribution in [0.1, 0.15) is 45.8 Å². The van der Waals surface area contributed by atoms with Gasteiger partial charge in [-0.2, -0.15) is 8.78 Å². The fourth-order valence-corrected chi connectivity index (χ4v) is 5.19. The van der Waals surface area contributed by atoms with Gasteiger partial charge in [0, 0.05) is 35.0 Å². The number of aromatic nitrogens is 2. The van der Waals surface area contributed by atoms with Gasteiger partial charge in [0.15, 0.2) is 6.29 Å². The molecule has 0 bridgehead atoms. The minimum absolute atomic E-state index is 0.0153. The molecule has 1 unspecified atom stereocenters. The number of nitrogens with one attached hydrogen (secondary N) is 1. The van der Waals surface area contributed by atoms with Gasteiger partial charge >= 0.3 is 6.61 Å². The van der Waals surface area contributed by atoms with Crippen molar-refractivity contribution in [2.45, 2.75) is 30.4 Å². The van der Waals surface area contributed by atoms with E-state index in [1.807, 2.05) is 29.0 Å². The molecule has 2 atom stereocenters. The number of hydrazine groups is 1. The number of rotatable bonds is 8. The van der Waals surface area contributed by atoms with Gasteiger partial charge < -0.3 is 24.3 Å². The van der Waals surface area contributed by atoms with Crippen LogP contribution in [0.3, 0.4) is 0 Å². The standard InChI is InChI=1S/C27H24B3F2N5O3/c1-35(27(28,29)30)22-12-21(24-18(15-39)3-2-4-23(24)40-26(31)32)37-20-11-16(7-8-19(20)34-25(22)37)5-6-17-13-33-36(14-17)9-10-38/h2-4,7-8,11,14-15,21-22,26,33,38H,9-10,12-13H2,1H3/t21-,22?/m1/s1. The molecule has 13 heteroatoms. The van der Waals surface area contributed by atoms with Crippen molar-refractivity contribution >= 4 is 40.9 Å². The van der Waals surface area contributed by atoms with E-state index in [-0.39, 0.29) is 17.9 Å². The first kappa shape index (κ1) is 28.0. The lowest BCUT2D eigenvalue weighted by molar-refractivity contribution is -0.0507. The number of halogens is 2. The van der Waals surface area contributed by atoms with E-state index in [1.54, 1.807) is 23.0 Å². The Kier molecular flexibility index (Phi) is 7.77. The number of carbonyl (C=O) groups is 1. The van der Waals surface area contributed by atoms with Crippen molar-refractivity contribution in [1.82, 2.24) is 24.9 Å². The van der Waals surface area contributed by atoms with Gasteiger partial charge in [-0.3, -0.25) is 4.79 Å². The second kappa shape index (κ2) is 11.1. The quantitative estimate of drug-likeness (QED) is 0.257. The summed E-state index contributed by atoms with van der Waals surface area (Å²) in [6.07, 6.45) is 2.75. The average molecular weight is 537 g/mol. The van der Waals surface area contributed by atoms with Gasteiger partial charge in [0.05, 0.1) is 59.8 Å². The van der Waals surface area contributed by atoms with E-state index < -0.39 is 23.9 Å². The largest absolute Gasteiger partial charge is 0.434 e. The maximum Gasteiger partial charge on any atom is 0.387 e. The Hall–Kier alpha value is -3.59. The molecule has 0 spiro atoms. The zero-order chi connectivity index (χ0) is 28.6. The van der Waals surface area contributed by atoms with E-state index in [9.17, 15) is 13.6 Å². The number of ether oxygens (including phenoxy) is 1. The number of carbonyl (C=O) groups excluding carboxylic acids is 1. The summed E-state index contributed by atoms with van der Waals surface area (Å²) in [5.74, 6) is 6.75. The lowest BCUT2D eigenvalue weighted by atomic mass is 9.48. The fourth-order valence-electron chi connectivity index (χ4n) is 5.19. The molecular formula is C27H24B3F2N5O3. The van der Waals surface area contributed by atoms with Crippen molar-refractivity contribution in [3.05, 3.63) is 70.7 Å². The highest BCUT2D eigenvalue weighted by molar-refractivity contribution is 6.59. The third kappa shape index (κ3) is 5.39. The first-order valence-electron chi connectivity index (χ1n) is 12.6. The summed E-state index contributed by atoms with van der Waals surface area (Å²) < 4.78 is 33.5. The van der Waals surface area contributed by atoms with Crippen LogP contribution in [0.4, 0.5) is 8.78 Å². The maximum absolute atomic E-state index is 13.4. The van der Waals surface area contributed by atoms with Crippen molar-refractivity contribution in [3.63, 3.8) is 0 Å². The molecule has 5 rings (SSSR count). The van der Waals surface area contributed by atoms with E-state index in [0.29, 0.717) is 53.8 Å². The third-order valence-corrected chi connectivity index (χ3v) is 7.12.